The van der Waals surface area contributed by atoms with Gasteiger partial charge in [0.2, 0.25) is 5.91 Å². The summed E-state index contributed by atoms with van der Waals surface area (Å²) >= 11 is 1.84. The van der Waals surface area contributed by atoms with Crippen LogP contribution in [0.3, 0.4) is 0 Å². The number of rotatable bonds is 9. The molecule has 4 rings (SSSR count). The molecule has 33 heavy (non-hydrogen) atoms. The van der Waals surface area contributed by atoms with E-state index in [-0.39, 0.29) is 11.8 Å². The summed E-state index contributed by atoms with van der Waals surface area (Å²) in [5, 5.41) is 9.89. The Hall–Kier alpha value is -3.05. The van der Waals surface area contributed by atoms with E-state index in [4.69, 9.17) is 0 Å². The van der Waals surface area contributed by atoms with Gasteiger partial charge >= 0.3 is 5.97 Å². The molecule has 1 aliphatic rings. The van der Waals surface area contributed by atoms with Gasteiger partial charge in [-0.1, -0.05) is 91.0 Å². The van der Waals surface area contributed by atoms with Crippen LogP contribution < -0.4 is 0 Å². The van der Waals surface area contributed by atoms with Crippen molar-refractivity contribution in [2.75, 3.05) is 18.1 Å². The van der Waals surface area contributed by atoms with Crippen molar-refractivity contribution in [3.8, 4) is 0 Å². The van der Waals surface area contributed by atoms with Crippen molar-refractivity contribution in [2.45, 2.75) is 24.8 Å². The van der Waals surface area contributed by atoms with Crippen molar-refractivity contribution in [2.24, 2.45) is 5.92 Å². The summed E-state index contributed by atoms with van der Waals surface area (Å²) in [7, 11) is 0. The minimum Gasteiger partial charge on any atom is -0.480 e. The molecule has 2 unspecified atom stereocenters. The highest BCUT2D eigenvalue weighted by Gasteiger charge is 2.42. The molecule has 0 aromatic heterocycles. The number of amides is 1. The maximum absolute atomic E-state index is 13.8. The monoisotopic (exact) mass is 459 g/mol. The number of aliphatic carboxylic acids is 1. The number of aryl methyl sites for hydroxylation is 1. The lowest BCUT2D eigenvalue weighted by Crippen LogP contribution is -2.43. The summed E-state index contributed by atoms with van der Waals surface area (Å²) < 4.78 is 0. The van der Waals surface area contributed by atoms with Crippen molar-refractivity contribution in [3.63, 3.8) is 0 Å². The van der Waals surface area contributed by atoms with E-state index in [0.717, 1.165) is 29.1 Å². The molecule has 1 aliphatic heterocycles. The molecule has 0 radical (unpaired) electrons. The van der Waals surface area contributed by atoms with Crippen molar-refractivity contribution < 1.29 is 14.7 Å². The van der Waals surface area contributed by atoms with E-state index in [1.165, 1.54) is 5.56 Å². The van der Waals surface area contributed by atoms with Crippen LogP contribution in [0.5, 0.6) is 0 Å². The fourth-order valence-corrected chi connectivity index (χ4v) is 5.66. The van der Waals surface area contributed by atoms with Gasteiger partial charge in [0.15, 0.2) is 0 Å². The highest BCUT2D eigenvalue weighted by atomic mass is 32.2. The zero-order valence-electron chi connectivity index (χ0n) is 18.5. The smallest absolute Gasteiger partial charge is 0.326 e. The van der Waals surface area contributed by atoms with E-state index in [1.54, 1.807) is 4.90 Å². The Bertz CT molecular complexity index is 1000. The first-order chi connectivity index (χ1) is 16.1. The molecule has 170 valence electrons. The minimum atomic E-state index is -0.917. The van der Waals surface area contributed by atoms with Crippen LogP contribution >= 0.6 is 11.8 Å². The zero-order chi connectivity index (χ0) is 23.0. The molecule has 3 aromatic carbocycles. The van der Waals surface area contributed by atoms with Gasteiger partial charge in [0.1, 0.15) is 6.04 Å². The molecular formula is C28H29NO3S. The van der Waals surface area contributed by atoms with Crippen LogP contribution in [0.4, 0.5) is 0 Å². The van der Waals surface area contributed by atoms with Crippen LogP contribution in [0.25, 0.3) is 0 Å². The second-order valence-corrected chi connectivity index (χ2v) is 9.66. The van der Waals surface area contributed by atoms with Gasteiger partial charge in [-0.2, -0.15) is 11.8 Å². The Morgan fingerprint density at radius 2 is 1.42 bits per heavy atom. The molecule has 3 aromatic rings. The maximum atomic E-state index is 13.8. The van der Waals surface area contributed by atoms with Gasteiger partial charge in [-0.25, -0.2) is 4.79 Å². The highest BCUT2D eigenvalue weighted by molar-refractivity contribution is 7.99. The van der Waals surface area contributed by atoms with Gasteiger partial charge in [-0.15, -0.1) is 0 Å². The Morgan fingerprint density at radius 1 is 0.879 bits per heavy atom. The lowest BCUT2D eigenvalue weighted by atomic mass is 9.90. The topological polar surface area (TPSA) is 57.6 Å². The first-order valence-corrected chi connectivity index (χ1v) is 12.5. The molecule has 4 nitrogen and oxygen atoms in total. The third-order valence-electron chi connectivity index (χ3n) is 6.20. The molecular weight excluding hydrogens is 430 g/mol. The molecule has 0 spiro atoms. The Labute approximate surface area is 199 Å². The third kappa shape index (κ3) is 5.85. The normalized spacial score (nSPS) is 17.9. The fraction of sp³-hybridized carbons (Fsp3) is 0.286. The molecule has 0 saturated carbocycles. The number of carboxylic acids is 1. The summed E-state index contributed by atoms with van der Waals surface area (Å²) in [5.74, 6) is 0.489. The SMILES string of the molecule is O=C(O)C1CC(CSCCc2ccccc2)CN1C(=O)C(c1ccccc1)c1ccccc1. The van der Waals surface area contributed by atoms with Crippen LogP contribution in [0.15, 0.2) is 91.0 Å². The van der Waals surface area contributed by atoms with Crippen molar-refractivity contribution >= 4 is 23.6 Å². The zero-order valence-corrected chi connectivity index (χ0v) is 19.4. The average molecular weight is 460 g/mol. The van der Waals surface area contributed by atoms with Gasteiger partial charge in [0.05, 0.1) is 5.92 Å². The van der Waals surface area contributed by atoms with E-state index in [1.807, 2.05) is 90.6 Å². The summed E-state index contributed by atoms with van der Waals surface area (Å²) in [6.45, 7) is 0.490. The number of hydrogen-bond donors (Lipinski definition) is 1. The highest BCUT2D eigenvalue weighted by Crippen LogP contribution is 2.33. The summed E-state index contributed by atoms with van der Waals surface area (Å²) in [4.78, 5) is 27.5. The van der Waals surface area contributed by atoms with Crippen LogP contribution in [-0.2, 0) is 16.0 Å². The van der Waals surface area contributed by atoms with E-state index < -0.39 is 17.9 Å². The number of carbonyl (C=O) groups is 2. The van der Waals surface area contributed by atoms with Gasteiger partial charge in [-0.05, 0) is 47.0 Å². The van der Waals surface area contributed by atoms with Crippen molar-refractivity contribution in [1.29, 1.82) is 0 Å². The molecule has 0 aliphatic carbocycles. The molecule has 1 amide bonds. The standard InChI is InChI=1S/C28H29NO3S/c30-27(26(23-12-6-2-7-13-23)24-14-8-3-9-15-24)29-19-22(18-25(29)28(31)32)20-33-17-16-21-10-4-1-5-11-21/h1-15,22,25-26H,16-20H2,(H,31,32). The van der Waals surface area contributed by atoms with Crippen LogP contribution in [0, 0.1) is 5.92 Å². The molecule has 0 bridgehead atoms. The van der Waals surface area contributed by atoms with Crippen LogP contribution in [-0.4, -0.2) is 46.0 Å². The minimum absolute atomic E-state index is 0.128. The molecule has 1 saturated heterocycles. The number of benzene rings is 3. The number of hydrogen-bond acceptors (Lipinski definition) is 3. The number of likely N-dealkylation sites (tertiary alicyclic amines) is 1. The summed E-state index contributed by atoms with van der Waals surface area (Å²) in [5.41, 5.74) is 3.09. The Morgan fingerprint density at radius 3 is 1.97 bits per heavy atom. The van der Waals surface area contributed by atoms with E-state index >= 15 is 0 Å². The predicted octanol–water partition coefficient (Wildman–Crippen LogP) is 5.10. The quantitative estimate of drug-likeness (QED) is 0.453. The number of nitrogens with zero attached hydrogens (tertiary/aromatic N) is 1. The van der Waals surface area contributed by atoms with E-state index in [0.29, 0.717) is 13.0 Å². The molecule has 1 heterocycles. The maximum Gasteiger partial charge on any atom is 0.326 e. The Balaban J connectivity index is 1.46. The lowest BCUT2D eigenvalue weighted by molar-refractivity contribution is -0.148. The Kier molecular flexibility index (Phi) is 7.84. The summed E-state index contributed by atoms with van der Waals surface area (Å²) in [6.07, 6.45) is 1.50. The van der Waals surface area contributed by atoms with Gasteiger partial charge in [0.25, 0.3) is 0 Å². The van der Waals surface area contributed by atoms with Crippen LogP contribution in [0.2, 0.25) is 0 Å². The first-order valence-electron chi connectivity index (χ1n) is 11.4. The fourth-order valence-electron chi connectivity index (χ4n) is 4.54. The van der Waals surface area contributed by atoms with E-state index in [9.17, 15) is 14.7 Å². The lowest BCUT2D eigenvalue weighted by Gasteiger charge is -2.27. The van der Waals surface area contributed by atoms with Crippen molar-refractivity contribution in [1.82, 2.24) is 4.90 Å². The molecule has 2 atom stereocenters. The number of thioether (sulfide) groups is 1. The number of carbonyl (C=O) groups excluding carboxylic acids is 1. The van der Waals surface area contributed by atoms with E-state index in [2.05, 4.69) is 12.1 Å². The van der Waals surface area contributed by atoms with Crippen LogP contribution in [0.1, 0.15) is 29.0 Å². The van der Waals surface area contributed by atoms with Gasteiger partial charge < -0.3 is 10.0 Å². The first kappa shape index (κ1) is 23.1. The second-order valence-electron chi connectivity index (χ2n) is 8.51. The largest absolute Gasteiger partial charge is 0.480 e. The third-order valence-corrected chi connectivity index (χ3v) is 7.40. The summed E-state index contributed by atoms with van der Waals surface area (Å²) in [6, 6.07) is 28.9. The van der Waals surface area contributed by atoms with Gasteiger partial charge in [-0.3, -0.25) is 4.79 Å². The molecule has 5 heteroatoms. The van der Waals surface area contributed by atoms with Crippen molar-refractivity contribution in [3.05, 3.63) is 108 Å². The molecule has 1 fully saturated rings. The molecule has 1 N–H and O–H groups in total. The second kappa shape index (κ2) is 11.2. The number of carboxylic acid groups (broad SMARTS) is 1. The van der Waals surface area contributed by atoms with Gasteiger partial charge in [0, 0.05) is 6.54 Å². The average Bonchev–Trinajstić information content (AvgIpc) is 3.29. The predicted molar refractivity (Wildman–Crippen MR) is 133 cm³/mol.